The molecule has 0 spiro atoms. The number of amides is 1. The molecule has 2 rings (SSSR count). The highest BCUT2D eigenvalue weighted by molar-refractivity contribution is 5.76. The molecular formula is C19H24N2O2. The van der Waals surface area contributed by atoms with Gasteiger partial charge >= 0.3 is 0 Å². The van der Waals surface area contributed by atoms with E-state index in [0.717, 1.165) is 29.8 Å². The summed E-state index contributed by atoms with van der Waals surface area (Å²) in [5.74, 6) is 0.833. The zero-order valence-corrected chi connectivity index (χ0v) is 13.5. The van der Waals surface area contributed by atoms with Gasteiger partial charge in [-0.25, -0.2) is 0 Å². The van der Waals surface area contributed by atoms with Crippen molar-refractivity contribution < 1.29 is 9.53 Å². The Morgan fingerprint density at radius 3 is 2.52 bits per heavy atom. The summed E-state index contributed by atoms with van der Waals surface area (Å²) in [6.45, 7) is 1.98. The van der Waals surface area contributed by atoms with Gasteiger partial charge in [0, 0.05) is 12.1 Å². The molecule has 0 fully saturated rings. The smallest absolute Gasteiger partial charge is 0.223 e. The zero-order valence-electron chi connectivity index (χ0n) is 13.5. The van der Waals surface area contributed by atoms with Gasteiger partial charge in [0.15, 0.2) is 0 Å². The van der Waals surface area contributed by atoms with Crippen LogP contribution in [-0.2, 0) is 4.79 Å². The summed E-state index contributed by atoms with van der Waals surface area (Å²) in [5.41, 5.74) is 2.15. The van der Waals surface area contributed by atoms with Crippen molar-refractivity contribution in [2.75, 3.05) is 26.7 Å². The van der Waals surface area contributed by atoms with E-state index in [4.69, 9.17) is 4.74 Å². The number of rotatable bonds is 9. The predicted octanol–water partition coefficient (Wildman–Crippen LogP) is 2.85. The second-order valence-corrected chi connectivity index (χ2v) is 5.27. The number of para-hydroxylation sites is 1. The maximum atomic E-state index is 11.7. The van der Waals surface area contributed by atoms with E-state index in [1.807, 2.05) is 49.5 Å². The summed E-state index contributed by atoms with van der Waals surface area (Å²) in [5, 5.41) is 5.94. The van der Waals surface area contributed by atoms with Crippen LogP contribution in [-0.4, -0.2) is 32.7 Å². The molecule has 0 bridgehead atoms. The first-order chi connectivity index (χ1) is 11.3. The third-order valence-corrected chi connectivity index (χ3v) is 3.48. The Labute approximate surface area is 137 Å². The van der Waals surface area contributed by atoms with Gasteiger partial charge in [0.25, 0.3) is 0 Å². The quantitative estimate of drug-likeness (QED) is 0.700. The van der Waals surface area contributed by atoms with Crippen molar-refractivity contribution >= 4 is 5.91 Å². The number of benzene rings is 2. The van der Waals surface area contributed by atoms with E-state index in [9.17, 15) is 4.79 Å². The number of carbonyl (C=O) groups is 1. The van der Waals surface area contributed by atoms with E-state index in [0.29, 0.717) is 19.6 Å². The minimum absolute atomic E-state index is 0.0262. The lowest BCUT2D eigenvalue weighted by Gasteiger charge is -2.11. The van der Waals surface area contributed by atoms with Crippen LogP contribution in [0.3, 0.4) is 0 Å². The standard InChI is InChI=1S/C19H24N2O2/c1-20-13-7-14-21-19(22)12-15-23-18-11-6-5-10-17(18)16-8-3-2-4-9-16/h2-6,8-11,20H,7,12-15H2,1H3,(H,21,22). The van der Waals surface area contributed by atoms with E-state index < -0.39 is 0 Å². The fraction of sp³-hybridized carbons (Fsp3) is 0.316. The normalized spacial score (nSPS) is 10.3. The van der Waals surface area contributed by atoms with Gasteiger partial charge in [0.2, 0.25) is 5.91 Å². The number of ether oxygens (including phenoxy) is 1. The largest absolute Gasteiger partial charge is 0.492 e. The topological polar surface area (TPSA) is 50.4 Å². The molecule has 122 valence electrons. The van der Waals surface area contributed by atoms with Crippen LogP contribution in [0.1, 0.15) is 12.8 Å². The fourth-order valence-electron chi connectivity index (χ4n) is 2.28. The van der Waals surface area contributed by atoms with Gasteiger partial charge in [-0.3, -0.25) is 4.79 Å². The number of hydrogen-bond acceptors (Lipinski definition) is 3. The monoisotopic (exact) mass is 312 g/mol. The molecule has 0 heterocycles. The van der Waals surface area contributed by atoms with Crippen molar-refractivity contribution in [2.45, 2.75) is 12.8 Å². The van der Waals surface area contributed by atoms with Gasteiger partial charge in [0.05, 0.1) is 13.0 Å². The molecule has 4 nitrogen and oxygen atoms in total. The Balaban J connectivity index is 1.83. The maximum absolute atomic E-state index is 11.7. The summed E-state index contributed by atoms with van der Waals surface area (Å²) < 4.78 is 5.82. The highest BCUT2D eigenvalue weighted by Crippen LogP contribution is 2.29. The van der Waals surface area contributed by atoms with Crippen LogP contribution in [0.4, 0.5) is 0 Å². The molecule has 23 heavy (non-hydrogen) atoms. The van der Waals surface area contributed by atoms with Crippen molar-refractivity contribution in [1.29, 1.82) is 0 Å². The van der Waals surface area contributed by atoms with Gasteiger partial charge < -0.3 is 15.4 Å². The van der Waals surface area contributed by atoms with Crippen molar-refractivity contribution in [3.63, 3.8) is 0 Å². The average Bonchev–Trinajstić information content (AvgIpc) is 2.60. The lowest BCUT2D eigenvalue weighted by Crippen LogP contribution is -2.27. The van der Waals surface area contributed by atoms with E-state index in [1.54, 1.807) is 0 Å². The Kier molecular flexibility index (Phi) is 7.14. The number of carbonyl (C=O) groups excluding carboxylic acids is 1. The molecule has 0 unspecified atom stereocenters. The van der Waals surface area contributed by atoms with Crippen LogP contribution in [0, 0.1) is 0 Å². The lowest BCUT2D eigenvalue weighted by atomic mass is 10.1. The SMILES string of the molecule is CNCCCNC(=O)CCOc1ccccc1-c1ccccc1. The zero-order chi connectivity index (χ0) is 16.3. The van der Waals surface area contributed by atoms with E-state index in [1.165, 1.54) is 0 Å². The van der Waals surface area contributed by atoms with Crippen LogP contribution < -0.4 is 15.4 Å². The molecule has 0 atom stereocenters. The highest BCUT2D eigenvalue weighted by Gasteiger charge is 2.06. The third kappa shape index (κ3) is 5.75. The molecule has 0 aliphatic rings. The van der Waals surface area contributed by atoms with Crippen molar-refractivity contribution in [1.82, 2.24) is 10.6 Å². The van der Waals surface area contributed by atoms with Gasteiger partial charge in [-0.15, -0.1) is 0 Å². The van der Waals surface area contributed by atoms with Crippen molar-refractivity contribution in [3.8, 4) is 16.9 Å². The van der Waals surface area contributed by atoms with E-state index in [2.05, 4.69) is 22.8 Å². The predicted molar refractivity (Wildman–Crippen MR) is 93.5 cm³/mol. The Hall–Kier alpha value is -2.33. The molecule has 2 aromatic rings. The first kappa shape index (κ1) is 17.0. The average molecular weight is 312 g/mol. The Morgan fingerprint density at radius 1 is 1.00 bits per heavy atom. The molecule has 0 saturated heterocycles. The van der Waals surface area contributed by atoms with Gasteiger partial charge in [-0.05, 0) is 31.6 Å². The van der Waals surface area contributed by atoms with Crippen molar-refractivity contribution in [2.24, 2.45) is 0 Å². The minimum Gasteiger partial charge on any atom is -0.492 e. The second kappa shape index (κ2) is 9.64. The Morgan fingerprint density at radius 2 is 1.74 bits per heavy atom. The second-order valence-electron chi connectivity index (χ2n) is 5.27. The summed E-state index contributed by atoms with van der Waals surface area (Å²) in [4.78, 5) is 11.7. The van der Waals surface area contributed by atoms with Gasteiger partial charge in [0.1, 0.15) is 5.75 Å². The number of nitrogens with one attached hydrogen (secondary N) is 2. The molecule has 0 saturated carbocycles. The lowest BCUT2D eigenvalue weighted by molar-refractivity contribution is -0.121. The number of hydrogen-bond donors (Lipinski definition) is 2. The summed E-state index contributed by atoms with van der Waals surface area (Å²) in [7, 11) is 1.90. The first-order valence-corrected chi connectivity index (χ1v) is 8.00. The molecule has 0 aliphatic heterocycles. The van der Waals surface area contributed by atoms with Gasteiger partial charge in [-0.2, -0.15) is 0 Å². The van der Waals surface area contributed by atoms with E-state index in [-0.39, 0.29) is 5.91 Å². The van der Waals surface area contributed by atoms with E-state index >= 15 is 0 Å². The first-order valence-electron chi connectivity index (χ1n) is 8.00. The van der Waals surface area contributed by atoms with Crippen molar-refractivity contribution in [3.05, 3.63) is 54.6 Å². The molecule has 0 aromatic heterocycles. The summed E-state index contributed by atoms with van der Waals surface area (Å²) in [6, 6.07) is 18.0. The molecule has 0 radical (unpaired) electrons. The minimum atomic E-state index is 0.0262. The highest BCUT2D eigenvalue weighted by atomic mass is 16.5. The molecule has 1 amide bonds. The van der Waals surface area contributed by atoms with Crippen LogP contribution in [0.5, 0.6) is 5.75 Å². The maximum Gasteiger partial charge on any atom is 0.223 e. The summed E-state index contributed by atoms with van der Waals surface area (Å²) in [6.07, 6.45) is 1.29. The van der Waals surface area contributed by atoms with Crippen LogP contribution in [0.25, 0.3) is 11.1 Å². The molecular weight excluding hydrogens is 288 g/mol. The summed E-state index contributed by atoms with van der Waals surface area (Å²) >= 11 is 0. The molecule has 2 aromatic carbocycles. The molecule has 0 aliphatic carbocycles. The third-order valence-electron chi connectivity index (χ3n) is 3.48. The van der Waals surface area contributed by atoms with Crippen LogP contribution in [0.15, 0.2) is 54.6 Å². The van der Waals surface area contributed by atoms with Gasteiger partial charge in [-0.1, -0.05) is 48.5 Å². The fourth-order valence-corrected chi connectivity index (χ4v) is 2.28. The molecule has 2 N–H and O–H groups in total. The van der Waals surface area contributed by atoms with Crippen LogP contribution >= 0.6 is 0 Å². The Bertz CT molecular complexity index is 599. The molecule has 4 heteroatoms. The van der Waals surface area contributed by atoms with Crippen LogP contribution in [0.2, 0.25) is 0 Å².